The van der Waals surface area contributed by atoms with Crippen molar-refractivity contribution in [2.45, 2.75) is 0 Å². The molecule has 13 aromatic rings. The van der Waals surface area contributed by atoms with Crippen LogP contribution in [0.5, 0.6) is 0 Å². The molecule has 0 saturated carbocycles. The van der Waals surface area contributed by atoms with Crippen LogP contribution in [-0.4, -0.2) is 15.0 Å². The van der Waals surface area contributed by atoms with Crippen LogP contribution in [0.1, 0.15) is 0 Å². The van der Waals surface area contributed by atoms with Crippen molar-refractivity contribution in [1.82, 2.24) is 15.0 Å². The molecule has 0 unspecified atom stereocenters. The Balaban J connectivity index is 0.962. The third-order valence-electron chi connectivity index (χ3n) is 12.4. The van der Waals surface area contributed by atoms with Crippen LogP contribution >= 0.6 is 0 Å². The summed E-state index contributed by atoms with van der Waals surface area (Å²) in [5.41, 5.74) is 12.4. The summed E-state index contributed by atoms with van der Waals surface area (Å²) in [4.78, 5) is 15.8. The van der Waals surface area contributed by atoms with Gasteiger partial charge in [-0.05, 0) is 73.8 Å². The Morgan fingerprint density at radius 2 is 0.852 bits per heavy atom. The van der Waals surface area contributed by atoms with Crippen molar-refractivity contribution < 1.29 is 4.42 Å². The predicted molar refractivity (Wildman–Crippen MR) is 254 cm³/mol. The van der Waals surface area contributed by atoms with Gasteiger partial charge in [-0.1, -0.05) is 170 Å². The highest BCUT2D eigenvalue weighted by atomic mass is 16.3. The van der Waals surface area contributed by atoms with Gasteiger partial charge in [0, 0.05) is 43.6 Å². The monoisotopic (exact) mass is 775 g/mol. The first-order valence-electron chi connectivity index (χ1n) is 20.7. The minimum Gasteiger partial charge on any atom is -0.454 e. The Labute approximate surface area is 350 Å². The second kappa shape index (κ2) is 13.2. The van der Waals surface area contributed by atoms with Gasteiger partial charge in [-0.15, -0.1) is 0 Å². The maximum Gasteiger partial charge on any atom is 0.162 e. The highest BCUT2D eigenvalue weighted by Crippen LogP contribution is 2.44. The molecule has 4 aromatic heterocycles. The van der Waals surface area contributed by atoms with Crippen molar-refractivity contribution >= 4 is 87.0 Å². The molecule has 0 aliphatic carbocycles. The summed E-state index contributed by atoms with van der Waals surface area (Å²) < 4.78 is 6.81. The van der Waals surface area contributed by atoms with Crippen LogP contribution in [0.2, 0.25) is 0 Å². The lowest BCUT2D eigenvalue weighted by Gasteiger charge is -2.13. The molecule has 0 bridgehead atoms. The Bertz CT molecular complexity index is 3890. The quantitative estimate of drug-likeness (QED) is 0.167. The molecule has 0 aliphatic heterocycles. The molecule has 0 fully saturated rings. The summed E-state index contributed by atoms with van der Waals surface area (Å²) >= 11 is 0. The van der Waals surface area contributed by atoms with Crippen LogP contribution in [0.4, 0.5) is 0 Å². The summed E-state index contributed by atoms with van der Waals surface area (Å²) in [6, 6.07) is 70.7. The lowest BCUT2D eigenvalue weighted by Crippen LogP contribution is -1.92. The first-order chi connectivity index (χ1) is 30.2. The molecule has 0 atom stereocenters. The van der Waals surface area contributed by atoms with Crippen molar-refractivity contribution in [2.24, 2.45) is 0 Å². The lowest BCUT2D eigenvalue weighted by atomic mass is 9.92. The fraction of sp³-hybridized carbons (Fsp3) is 0. The zero-order valence-corrected chi connectivity index (χ0v) is 32.8. The SMILES string of the molecule is c1ccc(-c2ccc3ccc4ccc(-c5ccc(-c6cccc7nc(-c8ccc9c%10ccccc%10c%10ccccc%10c9c8)c8oc9ccccc9c8c67)cc5)nc4c3n2)cc1. The molecule has 0 radical (unpaired) electrons. The van der Waals surface area contributed by atoms with Gasteiger partial charge in [0.05, 0.1) is 27.9 Å². The number of benzene rings is 9. The third kappa shape index (κ3) is 5.22. The van der Waals surface area contributed by atoms with Crippen molar-refractivity contribution in [3.63, 3.8) is 0 Å². The zero-order chi connectivity index (χ0) is 40.0. The number of para-hydroxylation sites is 1. The molecule has 61 heavy (non-hydrogen) atoms. The predicted octanol–water partition coefficient (Wildman–Crippen LogP) is 15.4. The van der Waals surface area contributed by atoms with E-state index >= 15 is 0 Å². The molecule has 0 N–H and O–H groups in total. The molecule has 0 amide bonds. The Hall–Kier alpha value is -8.21. The zero-order valence-electron chi connectivity index (χ0n) is 32.8. The van der Waals surface area contributed by atoms with E-state index in [0.717, 1.165) is 99.5 Å². The molecule has 4 nitrogen and oxygen atoms in total. The first kappa shape index (κ1) is 33.7. The average molecular weight is 776 g/mol. The maximum atomic E-state index is 6.81. The van der Waals surface area contributed by atoms with Gasteiger partial charge in [-0.3, -0.25) is 0 Å². The van der Waals surface area contributed by atoms with Gasteiger partial charge < -0.3 is 4.42 Å². The standard InChI is InChI=1S/C57H33N3O/c1-2-11-35(12-3-1)48-31-28-37-25-26-38-29-32-49(59-55(38)54(37)58-48)36-23-21-34(22-24-36)40-18-10-19-50-52(40)53-46-17-8-9-20-51(46)61-57(53)56(60-50)39-27-30-45-43-15-5-4-13-41(43)42-14-6-7-16-44(42)47(45)33-39/h1-33H. The van der Waals surface area contributed by atoms with Gasteiger partial charge in [-0.25, -0.2) is 15.0 Å². The Kier molecular flexibility index (Phi) is 7.27. The average Bonchev–Trinajstić information content (AvgIpc) is 3.73. The number of aromatic nitrogens is 3. The largest absolute Gasteiger partial charge is 0.454 e. The molecular weight excluding hydrogens is 743 g/mol. The molecule has 9 aromatic carbocycles. The molecule has 13 rings (SSSR count). The number of fused-ring (bicyclic) bond motifs is 14. The molecule has 4 heterocycles. The molecule has 0 aliphatic rings. The van der Waals surface area contributed by atoms with Crippen LogP contribution in [0.25, 0.3) is 132 Å². The van der Waals surface area contributed by atoms with E-state index in [-0.39, 0.29) is 0 Å². The van der Waals surface area contributed by atoms with Crippen LogP contribution in [0.3, 0.4) is 0 Å². The van der Waals surface area contributed by atoms with E-state index in [0.29, 0.717) is 0 Å². The Morgan fingerprint density at radius 1 is 0.328 bits per heavy atom. The van der Waals surface area contributed by atoms with Crippen LogP contribution in [-0.2, 0) is 0 Å². The summed E-state index contributed by atoms with van der Waals surface area (Å²) in [6.07, 6.45) is 0. The highest BCUT2D eigenvalue weighted by molar-refractivity contribution is 6.27. The topological polar surface area (TPSA) is 51.8 Å². The number of hydrogen-bond acceptors (Lipinski definition) is 4. The van der Waals surface area contributed by atoms with Crippen molar-refractivity contribution in [2.75, 3.05) is 0 Å². The normalized spacial score (nSPS) is 11.9. The lowest BCUT2D eigenvalue weighted by molar-refractivity contribution is 0.669. The molecule has 0 saturated heterocycles. The molecule has 282 valence electrons. The molecule has 0 spiro atoms. The first-order valence-corrected chi connectivity index (χ1v) is 20.7. The van der Waals surface area contributed by atoms with Crippen molar-refractivity contribution in [1.29, 1.82) is 0 Å². The fourth-order valence-electron chi connectivity index (χ4n) is 9.54. The highest BCUT2D eigenvalue weighted by Gasteiger charge is 2.21. The van der Waals surface area contributed by atoms with Gasteiger partial charge >= 0.3 is 0 Å². The second-order valence-electron chi connectivity index (χ2n) is 15.9. The third-order valence-corrected chi connectivity index (χ3v) is 12.4. The molecular formula is C57H33N3O. The minimum absolute atomic E-state index is 0.791. The smallest absolute Gasteiger partial charge is 0.162 e. The van der Waals surface area contributed by atoms with Gasteiger partial charge in [0.2, 0.25) is 0 Å². The number of nitrogens with zero attached hydrogens (tertiary/aromatic N) is 3. The van der Waals surface area contributed by atoms with E-state index in [1.54, 1.807) is 0 Å². The maximum absolute atomic E-state index is 6.81. The van der Waals surface area contributed by atoms with Crippen LogP contribution < -0.4 is 0 Å². The summed E-state index contributed by atoms with van der Waals surface area (Å²) in [7, 11) is 0. The van der Waals surface area contributed by atoms with Gasteiger partial charge in [0.1, 0.15) is 11.3 Å². The van der Waals surface area contributed by atoms with E-state index in [1.165, 1.54) is 32.3 Å². The summed E-state index contributed by atoms with van der Waals surface area (Å²) in [5.74, 6) is 0. The number of hydrogen-bond donors (Lipinski definition) is 0. The van der Waals surface area contributed by atoms with Crippen LogP contribution in [0, 0.1) is 0 Å². The number of rotatable bonds is 4. The van der Waals surface area contributed by atoms with E-state index in [1.807, 2.05) is 24.3 Å². The van der Waals surface area contributed by atoms with Gasteiger partial charge in [0.15, 0.2) is 5.58 Å². The van der Waals surface area contributed by atoms with E-state index in [4.69, 9.17) is 19.4 Å². The fourth-order valence-corrected chi connectivity index (χ4v) is 9.54. The van der Waals surface area contributed by atoms with Crippen molar-refractivity contribution in [3.8, 4) is 44.9 Å². The number of pyridine rings is 3. The van der Waals surface area contributed by atoms with E-state index < -0.39 is 0 Å². The molecule has 4 heteroatoms. The minimum atomic E-state index is 0.791. The summed E-state index contributed by atoms with van der Waals surface area (Å²) in [5, 5.41) is 12.8. The second-order valence-corrected chi connectivity index (χ2v) is 15.9. The van der Waals surface area contributed by atoms with Crippen LogP contribution in [0.15, 0.2) is 205 Å². The van der Waals surface area contributed by atoms with Gasteiger partial charge in [-0.2, -0.15) is 0 Å². The Morgan fingerprint density at radius 3 is 1.52 bits per heavy atom. The number of furan rings is 1. The van der Waals surface area contributed by atoms with E-state index in [2.05, 4.69) is 176 Å². The van der Waals surface area contributed by atoms with Crippen molar-refractivity contribution in [3.05, 3.63) is 200 Å². The summed E-state index contributed by atoms with van der Waals surface area (Å²) in [6.45, 7) is 0. The van der Waals surface area contributed by atoms with Gasteiger partial charge in [0.25, 0.3) is 0 Å². The van der Waals surface area contributed by atoms with E-state index in [9.17, 15) is 0 Å².